The van der Waals surface area contributed by atoms with E-state index >= 15 is 0 Å². The van der Waals surface area contributed by atoms with Crippen molar-refractivity contribution >= 4 is 0 Å². The summed E-state index contributed by atoms with van der Waals surface area (Å²) in [6, 6.07) is 1.03. The van der Waals surface area contributed by atoms with Gasteiger partial charge in [-0.25, -0.2) is 0 Å². The van der Waals surface area contributed by atoms with Gasteiger partial charge in [0.1, 0.15) is 0 Å². The molecule has 3 nitrogen and oxygen atoms in total. The van der Waals surface area contributed by atoms with Crippen LogP contribution in [0.25, 0.3) is 0 Å². The minimum absolute atomic E-state index is 0.0946. The molecular weight excluding hydrogens is 178 g/mol. The Bertz CT molecular complexity index is 180. The molecule has 0 amide bonds. The predicted molar refractivity (Wildman–Crippen MR) is 55.2 cm³/mol. The normalized spacial score (nSPS) is 35.4. The molecule has 1 aliphatic carbocycles. The molecule has 0 radical (unpaired) electrons. The second-order valence-electron chi connectivity index (χ2n) is 4.57. The molecule has 1 saturated heterocycles. The summed E-state index contributed by atoms with van der Waals surface area (Å²) in [5.74, 6) is 0. The Kier molecular flexibility index (Phi) is 3.42. The lowest BCUT2D eigenvalue weighted by molar-refractivity contribution is 0.00332. The van der Waals surface area contributed by atoms with E-state index in [-0.39, 0.29) is 6.10 Å². The smallest absolute Gasteiger partial charge is 0.0695 e. The molecule has 0 bridgehead atoms. The van der Waals surface area contributed by atoms with Gasteiger partial charge in [-0.15, -0.1) is 0 Å². The number of aliphatic hydroxyl groups is 1. The van der Waals surface area contributed by atoms with Crippen molar-refractivity contribution in [2.45, 2.75) is 50.3 Å². The molecule has 1 saturated carbocycles. The maximum atomic E-state index is 9.82. The predicted octanol–water partition coefficient (Wildman–Crippen LogP) is 1.01. The Morgan fingerprint density at radius 2 is 1.86 bits per heavy atom. The minimum atomic E-state index is -0.0946. The molecule has 2 aliphatic rings. The van der Waals surface area contributed by atoms with Crippen molar-refractivity contribution in [1.82, 2.24) is 4.90 Å². The average Bonchev–Trinajstić information content (AvgIpc) is 2.65. The van der Waals surface area contributed by atoms with Gasteiger partial charge >= 0.3 is 0 Å². The second-order valence-corrected chi connectivity index (χ2v) is 4.57. The van der Waals surface area contributed by atoms with E-state index in [0.717, 1.165) is 38.9 Å². The lowest BCUT2D eigenvalue weighted by Crippen LogP contribution is -2.46. The summed E-state index contributed by atoms with van der Waals surface area (Å²) in [6.07, 6.45) is 5.48. The van der Waals surface area contributed by atoms with E-state index < -0.39 is 0 Å². The van der Waals surface area contributed by atoms with Crippen LogP contribution in [0, 0.1) is 0 Å². The van der Waals surface area contributed by atoms with Crippen LogP contribution in [0.15, 0.2) is 0 Å². The fraction of sp³-hybridized carbons (Fsp3) is 1.00. The van der Waals surface area contributed by atoms with Crippen LogP contribution in [-0.2, 0) is 4.74 Å². The van der Waals surface area contributed by atoms with E-state index in [1.807, 2.05) is 0 Å². The number of hydrogen-bond donors (Lipinski definition) is 1. The van der Waals surface area contributed by atoms with E-state index in [1.165, 1.54) is 6.42 Å². The highest BCUT2D eigenvalue weighted by Crippen LogP contribution is 2.27. The Labute approximate surface area is 86.0 Å². The molecule has 0 aromatic heterocycles. The van der Waals surface area contributed by atoms with Gasteiger partial charge in [-0.05, 0) is 39.2 Å². The fourth-order valence-electron chi connectivity index (χ4n) is 2.76. The van der Waals surface area contributed by atoms with Crippen molar-refractivity contribution in [1.29, 1.82) is 0 Å². The van der Waals surface area contributed by atoms with Crippen LogP contribution < -0.4 is 0 Å². The zero-order chi connectivity index (χ0) is 9.97. The first-order chi connectivity index (χ1) is 6.79. The molecule has 82 valence electrons. The summed E-state index contributed by atoms with van der Waals surface area (Å²) in [6.45, 7) is 1.77. The Balaban J connectivity index is 1.89. The van der Waals surface area contributed by atoms with Gasteiger partial charge in [0.05, 0.1) is 6.10 Å². The highest BCUT2D eigenvalue weighted by atomic mass is 16.5. The van der Waals surface area contributed by atoms with Crippen molar-refractivity contribution in [2.24, 2.45) is 0 Å². The van der Waals surface area contributed by atoms with Crippen LogP contribution in [0.5, 0.6) is 0 Å². The zero-order valence-corrected chi connectivity index (χ0v) is 8.98. The van der Waals surface area contributed by atoms with Gasteiger partial charge in [0, 0.05) is 25.3 Å². The van der Waals surface area contributed by atoms with Crippen LogP contribution in [0.2, 0.25) is 0 Å². The van der Waals surface area contributed by atoms with Gasteiger partial charge in [-0.3, -0.25) is 4.90 Å². The molecule has 1 aliphatic heterocycles. The molecule has 1 N–H and O–H groups in total. The zero-order valence-electron chi connectivity index (χ0n) is 8.98. The average molecular weight is 199 g/mol. The van der Waals surface area contributed by atoms with E-state index in [9.17, 15) is 5.11 Å². The maximum absolute atomic E-state index is 9.82. The monoisotopic (exact) mass is 199 g/mol. The first-order valence-electron chi connectivity index (χ1n) is 5.77. The van der Waals surface area contributed by atoms with Gasteiger partial charge in [-0.2, -0.15) is 0 Å². The highest BCUT2D eigenvalue weighted by molar-refractivity contribution is 4.87. The molecule has 0 aromatic rings. The van der Waals surface area contributed by atoms with Gasteiger partial charge in [-0.1, -0.05) is 0 Å². The summed E-state index contributed by atoms with van der Waals surface area (Å²) in [5.41, 5.74) is 0. The van der Waals surface area contributed by atoms with Gasteiger partial charge in [0.25, 0.3) is 0 Å². The standard InChI is InChI=1S/C11H21NO2/c1-12(9-5-7-14-8-6-9)10-3-2-4-11(10)13/h9-11,13H,2-8H2,1H3. The highest BCUT2D eigenvalue weighted by Gasteiger charge is 2.32. The quantitative estimate of drug-likeness (QED) is 0.720. The van der Waals surface area contributed by atoms with Gasteiger partial charge in [0.15, 0.2) is 0 Å². The summed E-state index contributed by atoms with van der Waals surface area (Å²) in [7, 11) is 2.16. The van der Waals surface area contributed by atoms with Crippen molar-refractivity contribution in [2.75, 3.05) is 20.3 Å². The third-order valence-corrected chi connectivity index (χ3v) is 3.73. The first-order valence-corrected chi connectivity index (χ1v) is 5.77. The Hall–Kier alpha value is -0.120. The fourth-order valence-corrected chi connectivity index (χ4v) is 2.76. The molecule has 2 unspecified atom stereocenters. The number of rotatable bonds is 2. The SMILES string of the molecule is CN(C1CCOCC1)C1CCCC1O. The van der Waals surface area contributed by atoms with Crippen molar-refractivity contribution in [3.63, 3.8) is 0 Å². The van der Waals surface area contributed by atoms with Gasteiger partial charge < -0.3 is 9.84 Å². The van der Waals surface area contributed by atoms with Crippen molar-refractivity contribution < 1.29 is 9.84 Å². The van der Waals surface area contributed by atoms with E-state index in [0.29, 0.717) is 12.1 Å². The van der Waals surface area contributed by atoms with Crippen LogP contribution in [-0.4, -0.2) is 48.5 Å². The van der Waals surface area contributed by atoms with Crippen molar-refractivity contribution in [3.05, 3.63) is 0 Å². The lowest BCUT2D eigenvalue weighted by atomic mass is 10.0. The largest absolute Gasteiger partial charge is 0.391 e. The van der Waals surface area contributed by atoms with Crippen LogP contribution >= 0.6 is 0 Å². The number of nitrogens with zero attached hydrogens (tertiary/aromatic N) is 1. The molecular formula is C11H21NO2. The molecule has 14 heavy (non-hydrogen) atoms. The molecule has 3 heteroatoms. The Morgan fingerprint density at radius 3 is 2.43 bits per heavy atom. The molecule has 0 aromatic carbocycles. The summed E-state index contributed by atoms with van der Waals surface area (Å²) < 4.78 is 5.35. The minimum Gasteiger partial charge on any atom is -0.391 e. The number of hydrogen-bond acceptors (Lipinski definition) is 3. The summed E-state index contributed by atoms with van der Waals surface area (Å²) in [4.78, 5) is 2.39. The van der Waals surface area contributed by atoms with Crippen LogP contribution in [0.3, 0.4) is 0 Å². The van der Waals surface area contributed by atoms with E-state index in [2.05, 4.69) is 11.9 Å². The molecule has 2 rings (SSSR count). The molecule has 2 atom stereocenters. The maximum Gasteiger partial charge on any atom is 0.0695 e. The summed E-state index contributed by atoms with van der Waals surface area (Å²) >= 11 is 0. The number of ether oxygens (including phenoxy) is 1. The Morgan fingerprint density at radius 1 is 1.14 bits per heavy atom. The lowest BCUT2D eigenvalue weighted by Gasteiger charge is -2.36. The van der Waals surface area contributed by atoms with E-state index in [1.54, 1.807) is 0 Å². The van der Waals surface area contributed by atoms with Gasteiger partial charge in [0.2, 0.25) is 0 Å². The third kappa shape index (κ3) is 2.10. The number of aliphatic hydroxyl groups excluding tert-OH is 1. The van der Waals surface area contributed by atoms with Crippen molar-refractivity contribution in [3.8, 4) is 0 Å². The molecule has 1 heterocycles. The molecule has 0 spiro atoms. The molecule has 2 fully saturated rings. The second kappa shape index (κ2) is 4.60. The summed E-state index contributed by atoms with van der Waals surface area (Å²) in [5, 5.41) is 9.82. The topological polar surface area (TPSA) is 32.7 Å². The van der Waals surface area contributed by atoms with E-state index in [4.69, 9.17) is 4.74 Å². The third-order valence-electron chi connectivity index (χ3n) is 3.73. The number of likely N-dealkylation sites (N-methyl/N-ethyl adjacent to an activating group) is 1. The van der Waals surface area contributed by atoms with Crippen LogP contribution in [0.4, 0.5) is 0 Å². The first kappa shape index (κ1) is 10.4. The van der Waals surface area contributed by atoms with Crippen LogP contribution in [0.1, 0.15) is 32.1 Å².